The molecule has 0 saturated carbocycles. The second-order valence-corrected chi connectivity index (χ2v) is 9.93. The Kier molecular flexibility index (Phi) is 8.66. The Balaban J connectivity index is 1.32. The fraction of sp³-hybridized carbons (Fsp3) is 0.444. The first-order valence-electron chi connectivity index (χ1n) is 13.2. The lowest BCUT2D eigenvalue weighted by molar-refractivity contribution is -0.148. The lowest BCUT2D eigenvalue weighted by Crippen LogP contribution is -2.62. The van der Waals surface area contributed by atoms with Crippen LogP contribution in [0.5, 0.6) is 11.5 Å². The molecule has 40 heavy (non-hydrogen) atoms. The Morgan fingerprint density at radius 1 is 1.15 bits per heavy atom. The van der Waals surface area contributed by atoms with Crippen molar-refractivity contribution in [1.82, 2.24) is 29.7 Å². The minimum atomic E-state index is -0.735. The van der Waals surface area contributed by atoms with Crippen molar-refractivity contribution in [3.63, 3.8) is 0 Å². The van der Waals surface area contributed by atoms with Gasteiger partial charge in [0.15, 0.2) is 11.5 Å². The molecule has 1 N–H and O–H groups in total. The summed E-state index contributed by atoms with van der Waals surface area (Å²) >= 11 is 6.33. The molecule has 212 valence electrons. The summed E-state index contributed by atoms with van der Waals surface area (Å²) in [6.45, 7) is 2.00. The molecule has 13 heteroatoms. The van der Waals surface area contributed by atoms with Gasteiger partial charge in [-0.05, 0) is 37.0 Å². The molecule has 2 aliphatic heterocycles. The third kappa shape index (κ3) is 6.13. The predicted molar refractivity (Wildman–Crippen MR) is 147 cm³/mol. The van der Waals surface area contributed by atoms with Gasteiger partial charge >= 0.3 is 0 Å². The van der Waals surface area contributed by atoms with Crippen molar-refractivity contribution in [2.75, 3.05) is 51.9 Å². The third-order valence-electron chi connectivity index (χ3n) is 7.06. The molecule has 4 heterocycles. The number of halogens is 1. The van der Waals surface area contributed by atoms with Crippen LogP contribution in [-0.4, -0.2) is 95.4 Å². The molecule has 0 aliphatic carbocycles. The molecule has 2 saturated heterocycles. The van der Waals surface area contributed by atoms with Crippen molar-refractivity contribution in [2.45, 2.75) is 31.4 Å². The van der Waals surface area contributed by atoms with E-state index in [1.54, 1.807) is 48.5 Å². The van der Waals surface area contributed by atoms with Crippen LogP contribution in [-0.2, 0) is 20.7 Å². The Hall–Kier alpha value is -3.90. The maximum Gasteiger partial charge on any atom is 0.252 e. The molecule has 1 aromatic carbocycles. The van der Waals surface area contributed by atoms with Crippen molar-refractivity contribution in [2.24, 2.45) is 0 Å². The van der Waals surface area contributed by atoms with Gasteiger partial charge in [-0.25, -0.2) is 9.97 Å². The Morgan fingerprint density at radius 3 is 2.73 bits per heavy atom. The SMILES string of the molecule is COc1ccc(CCNC(=O)C2CN(c3cc(Cl)nc(-n4ccnc4)n3)CCN2C(=O)C2CCCO2)cc1OC. The number of rotatable bonds is 9. The summed E-state index contributed by atoms with van der Waals surface area (Å²) in [5.41, 5.74) is 0.984. The molecular formula is C27H32ClN7O5. The Labute approximate surface area is 237 Å². The largest absolute Gasteiger partial charge is 0.493 e. The summed E-state index contributed by atoms with van der Waals surface area (Å²) in [5.74, 6) is 1.80. The Morgan fingerprint density at radius 2 is 2.00 bits per heavy atom. The number of ether oxygens (including phenoxy) is 3. The van der Waals surface area contributed by atoms with Crippen molar-refractivity contribution in [3.05, 3.63) is 53.7 Å². The number of carbonyl (C=O) groups excluding carboxylic acids is 2. The highest BCUT2D eigenvalue weighted by molar-refractivity contribution is 6.29. The van der Waals surface area contributed by atoms with E-state index in [-0.39, 0.29) is 23.5 Å². The predicted octanol–water partition coefficient (Wildman–Crippen LogP) is 1.89. The lowest BCUT2D eigenvalue weighted by Gasteiger charge is -2.41. The number of carbonyl (C=O) groups is 2. The van der Waals surface area contributed by atoms with E-state index < -0.39 is 12.1 Å². The van der Waals surface area contributed by atoms with Gasteiger partial charge in [0.1, 0.15) is 29.4 Å². The second-order valence-electron chi connectivity index (χ2n) is 9.54. The number of nitrogens with one attached hydrogen (secondary N) is 1. The number of methoxy groups -OCH3 is 2. The van der Waals surface area contributed by atoms with Gasteiger partial charge in [-0.15, -0.1) is 0 Å². The monoisotopic (exact) mass is 569 g/mol. The van der Waals surface area contributed by atoms with E-state index >= 15 is 0 Å². The summed E-state index contributed by atoms with van der Waals surface area (Å²) in [5, 5.41) is 3.28. The average Bonchev–Trinajstić information content (AvgIpc) is 3.71. The van der Waals surface area contributed by atoms with Gasteiger partial charge < -0.3 is 29.3 Å². The van der Waals surface area contributed by atoms with E-state index in [0.717, 1.165) is 12.0 Å². The molecule has 0 radical (unpaired) electrons. The number of aromatic nitrogens is 4. The van der Waals surface area contributed by atoms with Crippen LogP contribution in [0.2, 0.25) is 5.15 Å². The first-order valence-corrected chi connectivity index (χ1v) is 13.5. The maximum absolute atomic E-state index is 13.6. The molecular weight excluding hydrogens is 538 g/mol. The van der Waals surface area contributed by atoms with Crippen LogP contribution in [0.15, 0.2) is 43.0 Å². The minimum absolute atomic E-state index is 0.156. The zero-order valence-corrected chi connectivity index (χ0v) is 23.2. The smallest absolute Gasteiger partial charge is 0.252 e. The van der Waals surface area contributed by atoms with E-state index in [4.69, 9.17) is 25.8 Å². The topological polar surface area (TPSA) is 124 Å². The maximum atomic E-state index is 13.6. The van der Waals surface area contributed by atoms with E-state index in [9.17, 15) is 9.59 Å². The molecule has 3 aromatic rings. The quantitative estimate of drug-likeness (QED) is 0.385. The van der Waals surface area contributed by atoms with Crippen LogP contribution < -0.4 is 19.7 Å². The molecule has 5 rings (SSSR count). The molecule has 2 amide bonds. The van der Waals surface area contributed by atoms with E-state index in [1.807, 2.05) is 23.1 Å². The molecule has 2 aromatic heterocycles. The molecule has 12 nitrogen and oxygen atoms in total. The molecule has 0 bridgehead atoms. The van der Waals surface area contributed by atoms with Crippen LogP contribution >= 0.6 is 11.6 Å². The fourth-order valence-electron chi connectivity index (χ4n) is 4.97. The Bertz CT molecular complexity index is 1330. The van der Waals surface area contributed by atoms with Gasteiger partial charge in [-0.3, -0.25) is 14.2 Å². The summed E-state index contributed by atoms with van der Waals surface area (Å²) in [7, 11) is 3.17. The highest BCUT2D eigenvalue weighted by atomic mass is 35.5. The highest BCUT2D eigenvalue weighted by Gasteiger charge is 2.39. The number of nitrogens with zero attached hydrogens (tertiary/aromatic N) is 6. The summed E-state index contributed by atoms with van der Waals surface area (Å²) < 4.78 is 18.0. The summed E-state index contributed by atoms with van der Waals surface area (Å²) in [4.78, 5) is 43.5. The number of amides is 2. The fourth-order valence-corrected chi connectivity index (χ4v) is 5.14. The number of imidazole rings is 1. The number of hydrogen-bond acceptors (Lipinski definition) is 9. The molecule has 0 spiro atoms. The zero-order valence-electron chi connectivity index (χ0n) is 22.5. The molecule has 2 atom stereocenters. The average molecular weight is 570 g/mol. The van der Waals surface area contributed by atoms with Crippen LogP contribution in [0.3, 0.4) is 0 Å². The van der Waals surface area contributed by atoms with Crippen molar-refractivity contribution in [3.8, 4) is 17.4 Å². The molecule has 2 aliphatic rings. The van der Waals surface area contributed by atoms with E-state index in [0.29, 0.717) is 62.3 Å². The second kappa shape index (κ2) is 12.5. The van der Waals surface area contributed by atoms with Gasteiger partial charge in [0.2, 0.25) is 11.9 Å². The van der Waals surface area contributed by atoms with E-state index in [2.05, 4.69) is 20.3 Å². The van der Waals surface area contributed by atoms with Crippen LogP contribution in [0.1, 0.15) is 18.4 Å². The van der Waals surface area contributed by atoms with Crippen LogP contribution in [0.4, 0.5) is 5.82 Å². The zero-order chi connectivity index (χ0) is 28.1. The van der Waals surface area contributed by atoms with Crippen molar-refractivity contribution in [1.29, 1.82) is 0 Å². The van der Waals surface area contributed by atoms with Gasteiger partial charge in [0, 0.05) is 51.2 Å². The van der Waals surface area contributed by atoms with Gasteiger partial charge in [-0.2, -0.15) is 4.98 Å². The third-order valence-corrected chi connectivity index (χ3v) is 7.25. The standard InChI is InChI=1S/C27H32ClN7O5/c1-38-20-6-5-18(14-22(20)39-2)7-8-30-25(36)19-16-33(11-12-35(19)26(37)21-4-3-13-40-21)24-15-23(28)31-27(32-24)34-10-9-29-17-34/h5-6,9-10,14-15,17,19,21H,3-4,7-8,11-13,16H2,1-2H3,(H,30,36). The number of piperazine rings is 1. The number of anilines is 1. The summed E-state index contributed by atoms with van der Waals surface area (Å²) in [6, 6.07) is 6.58. The lowest BCUT2D eigenvalue weighted by atomic mass is 10.1. The van der Waals surface area contributed by atoms with E-state index in [1.165, 1.54) is 0 Å². The molecule has 2 fully saturated rings. The van der Waals surface area contributed by atoms with Crippen LogP contribution in [0, 0.1) is 0 Å². The normalized spacial score (nSPS) is 19.0. The minimum Gasteiger partial charge on any atom is -0.493 e. The first kappa shape index (κ1) is 27.7. The number of hydrogen-bond donors (Lipinski definition) is 1. The summed E-state index contributed by atoms with van der Waals surface area (Å²) in [6.07, 6.45) is 6.48. The highest BCUT2D eigenvalue weighted by Crippen LogP contribution is 2.28. The van der Waals surface area contributed by atoms with Crippen molar-refractivity contribution >= 4 is 29.2 Å². The van der Waals surface area contributed by atoms with Gasteiger partial charge in [-0.1, -0.05) is 17.7 Å². The van der Waals surface area contributed by atoms with Gasteiger partial charge in [0.25, 0.3) is 5.91 Å². The molecule has 2 unspecified atom stereocenters. The van der Waals surface area contributed by atoms with Gasteiger partial charge in [0.05, 0.1) is 14.2 Å². The first-order chi connectivity index (χ1) is 19.5. The van der Waals surface area contributed by atoms with Crippen molar-refractivity contribution < 1.29 is 23.8 Å². The number of benzene rings is 1. The van der Waals surface area contributed by atoms with Crippen LogP contribution in [0.25, 0.3) is 5.95 Å².